The van der Waals surface area contributed by atoms with E-state index in [2.05, 4.69) is 16.0 Å². The minimum absolute atomic E-state index is 0.0638. The van der Waals surface area contributed by atoms with Crippen molar-refractivity contribution in [2.75, 3.05) is 20.3 Å². The predicted octanol–water partition coefficient (Wildman–Crippen LogP) is 1.54. The summed E-state index contributed by atoms with van der Waals surface area (Å²) in [6, 6.07) is 6.69. The highest BCUT2D eigenvalue weighted by atomic mass is 16.5. The van der Waals surface area contributed by atoms with Crippen LogP contribution in [-0.4, -0.2) is 49.6 Å². The van der Waals surface area contributed by atoms with Crippen LogP contribution < -0.4 is 20.7 Å². The lowest BCUT2D eigenvalue weighted by molar-refractivity contribution is 0.0492. The zero-order valence-corrected chi connectivity index (χ0v) is 14.5. The number of nitrogens with one attached hydrogen (secondary N) is 3. The highest BCUT2D eigenvalue weighted by molar-refractivity contribution is 5.96. The molecule has 0 aliphatic carbocycles. The second-order valence-corrected chi connectivity index (χ2v) is 6.21. The Bertz CT molecular complexity index is 598. The van der Waals surface area contributed by atoms with Crippen LogP contribution in [0.5, 0.6) is 5.75 Å². The van der Waals surface area contributed by atoms with Crippen molar-refractivity contribution < 1.29 is 19.1 Å². The van der Waals surface area contributed by atoms with Gasteiger partial charge in [0.1, 0.15) is 5.75 Å². The average Bonchev–Trinajstić information content (AvgIpc) is 2.62. The molecule has 1 aromatic carbocycles. The molecule has 4 amide bonds. The van der Waals surface area contributed by atoms with Crippen LogP contribution >= 0.6 is 0 Å². The van der Waals surface area contributed by atoms with Crippen molar-refractivity contribution in [2.45, 2.75) is 38.1 Å². The molecule has 2 aliphatic heterocycles. The van der Waals surface area contributed by atoms with E-state index in [0.29, 0.717) is 26.1 Å². The Kier molecular flexibility index (Phi) is 5.40. The Hall–Kier alpha value is -2.32. The van der Waals surface area contributed by atoms with Crippen LogP contribution in [0.4, 0.5) is 9.59 Å². The molecule has 1 atom stereocenters. The number of urea groups is 2. The van der Waals surface area contributed by atoms with Gasteiger partial charge in [0.15, 0.2) is 6.29 Å². The fourth-order valence-electron chi connectivity index (χ4n) is 3.11. The van der Waals surface area contributed by atoms with Crippen molar-refractivity contribution in [3.63, 3.8) is 0 Å². The zero-order valence-electron chi connectivity index (χ0n) is 14.5. The largest absolute Gasteiger partial charge is 0.497 e. The quantitative estimate of drug-likeness (QED) is 0.751. The normalized spacial score (nSPS) is 20.8. The van der Waals surface area contributed by atoms with E-state index in [4.69, 9.17) is 9.47 Å². The first-order valence-electron chi connectivity index (χ1n) is 8.46. The maximum Gasteiger partial charge on any atom is 0.328 e. The van der Waals surface area contributed by atoms with Crippen LogP contribution in [0, 0.1) is 0 Å². The third-order valence-electron chi connectivity index (χ3n) is 4.56. The average molecular weight is 348 g/mol. The van der Waals surface area contributed by atoms with Gasteiger partial charge in [-0.2, -0.15) is 0 Å². The number of amides is 4. The van der Waals surface area contributed by atoms with Gasteiger partial charge in [0.25, 0.3) is 0 Å². The molecular weight excluding hydrogens is 324 g/mol. The molecule has 0 bridgehead atoms. The first-order valence-corrected chi connectivity index (χ1v) is 8.46. The van der Waals surface area contributed by atoms with Gasteiger partial charge in [0.05, 0.1) is 7.11 Å². The number of imide groups is 1. The third kappa shape index (κ3) is 4.02. The Morgan fingerprint density at radius 3 is 2.32 bits per heavy atom. The molecule has 2 saturated heterocycles. The lowest BCUT2D eigenvalue weighted by atomic mass is 10.1. The summed E-state index contributed by atoms with van der Waals surface area (Å²) in [6.45, 7) is 3.10. The maximum atomic E-state index is 12.4. The molecule has 0 spiro atoms. The number of ether oxygens (including phenoxy) is 2. The summed E-state index contributed by atoms with van der Waals surface area (Å²) in [6.07, 6.45) is 0.718. The summed E-state index contributed by atoms with van der Waals surface area (Å²) >= 11 is 0. The molecule has 3 N–H and O–H groups in total. The molecule has 1 aromatic rings. The minimum Gasteiger partial charge on any atom is -0.497 e. The number of benzene rings is 1. The van der Waals surface area contributed by atoms with Crippen molar-refractivity contribution in [2.24, 2.45) is 0 Å². The molecule has 3 rings (SSSR count). The van der Waals surface area contributed by atoms with Gasteiger partial charge in [-0.05, 0) is 37.5 Å². The van der Waals surface area contributed by atoms with Crippen LogP contribution in [0.15, 0.2) is 24.3 Å². The number of rotatable bonds is 5. The van der Waals surface area contributed by atoms with Crippen LogP contribution in [0.25, 0.3) is 0 Å². The van der Waals surface area contributed by atoms with Crippen LogP contribution in [0.3, 0.4) is 0 Å². The molecule has 2 heterocycles. The summed E-state index contributed by atoms with van der Waals surface area (Å²) < 4.78 is 10.4. The SMILES string of the molecule is COc1ccc([C@H](C)NC2NC(=O)N(C3CCOCC3)C(=O)N2)cc1. The molecule has 8 nitrogen and oxygen atoms in total. The smallest absolute Gasteiger partial charge is 0.328 e. The topological polar surface area (TPSA) is 91.9 Å². The van der Waals surface area contributed by atoms with Crippen molar-refractivity contribution in [3.8, 4) is 5.75 Å². The lowest BCUT2D eigenvalue weighted by Crippen LogP contribution is -2.70. The van der Waals surface area contributed by atoms with Crippen LogP contribution in [-0.2, 0) is 4.74 Å². The summed E-state index contributed by atoms with van der Waals surface area (Å²) in [4.78, 5) is 26.0. The van der Waals surface area contributed by atoms with Crippen LogP contribution in [0.2, 0.25) is 0 Å². The van der Waals surface area contributed by atoms with Gasteiger partial charge < -0.3 is 20.1 Å². The molecule has 0 aromatic heterocycles. The standard InChI is InChI=1S/C17H24N4O4/c1-11(12-3-5-14(24-2)6-4-12)18-15-19-16(22)21(17(23)20-15)13-7-9-25-10-8-13/h3-6,11,13,15,18H,7-10H2,1-2H3,(H,19,22)(H,20,23)/t11-/m0/s1. The van der Waals surface area contributed by atoms with E-state index in [1.807, 2.05) is 31.2 Å². The summed E-state index contributed by atoms with van der Waals surface area (Å²) in [5, 5.41) is 8.79. The summed E-state index contributed by atoms with van der Waals surface area (Å²) in [5.41, 5.74) is 1.02. The van der Waals surface area contributed by atoms with E-state index in [1.165, 1.54) is 4.90 Å². The van der Waals surface area contributed by atoms with Crippen molar-refractivity contribution in [1.29, 1.82) is 0 Å². The molecule has 2 fully saturated rings. The highest BCUT2D eigenvalue weighted by Gasteiger charge is 2.37. The molecule has 2 aliphatic rings. The third-order valence-corrected chi connectivity index (χ3v) is 4.56. The van der Waals surface area contributed by atoms with E-state index in [9.17, 15) is 9.59 Å². The number of carbonyl (C=O) groups excluding carboxylic acids is 2. The van der Waals surface area contributed by atoms with Crippen LogP contribution in [0.1, 0.15) is 31.4 Å². The van der Waals surface area contributed by atoms with Crippen molar-refractivity contribution in [3.05, 3.63) is 29.8 Å². The van der Waals surface area contributed by atoms with E-state index in [1.54, 1.807) is 7.11 Å². The van der Waals surface area contributed by atoms with Gasteiger partial charge in [-0.15, -0.1) is 0 Å². The van der Waals surface area contributed by atoms with Gasteiger partial charge in [-0.25, -0.2) is 14.5 Å². The molecule has 136 valence electrons. The first kappa shape index (κ1) is 17.5. The molecule has 8 heteroatoms. The number of hydrogen-bond donors (Lipinski definition) is 3. The van der Waals surface area contributed by atoms with Gasteiger partial charge >= 0.3 is 12.1 Å². The lowest BCUT2D eigenvalue weighted by Gasteiger charge is -2.39. The second kappa shape index (κ2) is 7.71. The van der Waals surface area contributed by atoms with Gasteiger partial charge in [-0.3, -0.25) is 5.32 Å². The van der Waals surface area contributed by atoms with E-state index in [-0.39, 0.29) is 24.1 Å². The number of hydrogen-bond acceptors (Lipinski definition) is 5. The predicted molar refractivity (Wildman–Crippen MR) is 91.1 cm³/mol. The summed E-state index contributed by atoms with van der Waals surface area (Å²) in [7, 11) is 1.62. The van der Waals surface area contributed by atoms with Gasteiger partial charge in [-0.1, -0.05) is 12.1 Å². The fraction of sp³-hybridized carbons (Fsp3) is 0.529. The van der Waals surface area contributed by atoms with Gasteiger partial charge in [0, 0.05) is 25.3 Å². The first-order chi connectivity index (χ1) is 12.1. The van der Waals surface area contributed by atoms with Crippen molar-refractivity contribution in [1.82, 2.24) is 20.9 Å². The highest BCUT2D eigenvalue weighted by Crippen LogP contribution is 2.19. The summed E-state index contributed by atoms with van der Waals surface area (Å²) in [5.74, 6) is 0.780. The number of nitrogens with zero attached hydrogens (tertiary/aromatic N) is 1. The molecule has 0 radical (unpaired) electrons. The van der Waals surface area contributed by atoms with E-state index in [0.717, 1.165) is 11.3 Å². The monoisotopic (exact) mass is 348 g/mol. The maximum absolute atomic E-state index is 12.4. The Balaban J connectivity index is 1.59. The zero-order chi connectivity index (χ0) is 17.8. The van der Waals surface area contributed by atoms with Gasteiger partial charge in [0.2, 0.25) is 0 Å². The van der Waals surface area contributed by atoms with E-state index < -0.39 is 6.29 Å². The molecular formula is C17H24N4O4. The number of methoxy groups -OCH3 is 1. The molecule has 0 saturated carbocycles. The number of carbonyl (C=O) groups is 2. The van der Waals surface area contributed by atoms with E-state index >= 15 is 0 Å². The Labute approximate surface area is 146 Å². The fourth-order valence-corrected chi connectivity index (χ4v) is 3.11. The molecule has 25 heavy (non-hydrogen) atoms. The Morgan fingerprint density at radius 1 is 1.16 bits per heavy atom. The van der Waals surface area contributed by atoms with Crippen molar-refractivity contribution >= 4 is 12.1 Å². The Morgan fingerprint density at radius 2 is 1.76 bits per heavy atom. The minimum atomic E-state index is -0.617. The second-order valence-electron chi connectivity index (χ2n) is 6.21. The molecule has 0 unspecified atom stereocenters.